The van der Waals surface area contributed by atoms with E-state index in [1.165, 1.54) is 0 Å². The Labute approximate surface area is 139 Å². The Morgan fingerprint density at radius 1 is 1.08 bits per heavy atom. The summed E-state index contributed by atoms with van der Waals surface area (Å²) in [6.45, 7) is 0. The van der Waals surface area contributed by atoms with Crippen LogP contribution in [-0.4, -0.2) is 33.1 Å². The lowest BCUT2D eigenvalue weighted by atomic mass is 10.2. The number of aliphatic carboxylic acids is 1. The number of anilines is 1. The maximum atomic E-state index is 12.0. The summed E-state index contributed by atoms with van der Waals surface area (Å²) in [7, 11) is 0. The van der Waals surface area contributed by atoms with E-state index in [9.17, 15) is 18.0 Å². The summed E-state index contributed by atoms with van der Waals surface area (Å²) in [6, 6.07) is 11.2. The second-order valence-corrected chi connectivity index (χ2v) is 4.74. The molecule has 0 spiro atoms. The molecule has 0 unspecified atom stereocenters. The molecule has 0 aliphatic heterocycles. The molecule has 25 heavy (non-hydrogen) atoms. The smallest absolute Gasteiger partial charge is 0.475 e. The Balaban J connectivity index is 0.000000277. The number of pyridine rings is 1. The van der Waals surface area contributed by atoms with Crippen LogP contribution in [-0.2, 0) is 4.79 Å². The molecule has 0 aliphatic rings. The Kier molecular flexibility index (Phi) is 5.38. The zero-order valence-electron chi connectivity index (χ0n) is 12.5. The van der Waals surface area contributed by atoms with Gasteiger partial charge in [-0.2, -0.15) is 13.2 Å². The number of hydrogen-bond donors (Lipinski definition) is 3. The zero-order chi connectivity index (χ0) is 18.4. The molecule has 1 aromatic carbocycles. The van der Waals surface area contributed by atoms with Crippen LogP contribution in [0.15, 0.2) is 55.0 Å². The quantitative estimate of drug-likeness (QED) is 0.659. The van der Waals surface area contributed by atoms with Crippen molar-refractivity contribution in [2.24, 2.45) is 0 Å². The van der Waals surface area contributed by atoms with Gasteiger partial charge in [0, 0.05) is 35.1 Å². The van der Waals surface area contributed by atoms with E-state index in [-0.39, 0.29) is 5.91 Å². The number of benzene rings is 1. The average Bonchev–Trinajstić information content (AvgIpc) is 2.98. The summed E-state index contributed by atoms with van der Waals surface area (Å²) in [5, 5.41) is 11.0. The molecule has 3 rings (SSSR count). The van der Waals surface area contributed by atoms with Gasteiger partial charge in [-0.25, -0.2) is 4.79 Å². The highest BCUT2D eigenvalue weighted by molar-refractivity contribution is 6.08. The number of fused-ring (bicyclic) bond motifs is 1. The molecule has 0 radical (unpaired) electrons. The second-order valence-electron chi connectivity index (χ2n) is 4.74. The maximum absolute atomic E-state index is 12.0. The van der Waals surface area contributed by atoms with Crippen molar-refractivity contribution < 1.29 is 27.9 Å². The fraction of sp³-hybridized carbons (Fsp3) is 0.0625. The van der Waals surface area contributed by atoms with Gasteiger partial charge in [-0.3, -0.25) is 9.78 Å². The van der Waals surface area contributed by atoms with Crippen LogP contribution in [0.5, 0.6) is 0 Å². The number of rotatable bonds is 2. The molecular formula is C16H12F3N3O3. The molecule has 9 heteroatoms. The van der Waals surface area contributed by atoms with E-state index >= 15 is 0 Å². The van der Waals surface area contributed by atoms with Gasteiger partial charge < -0.3 is 15.4 Å². The fourth-order valence-corrected chi connectivity index (χ4v) is 1.87. The number of hydrogen-bond acceptors (Lipinski definition) is 3. The third-order valence-electron chi connectivity index (χ3n) is 3.02. The molecule has 0 atom stereocenters. The van der Waals surface area contributed by atoms with E-state index in [1.807, 2.05) is 24.3 Å². The van der Waals surface area contributed by atoms with Crippen LogP contribution in [0.1, 0.15) is 10.4 Å². The Bertz CT molecular complexity index is 876. The SMILES string of the molecule is O=C(Nc1c[nH]c2ccccc12)c1ccncc1.O=C(O)C(F)(F)F. The van der Waals surface area contributed by atoms with E-state index in [0.29, 0.717) is 5.56 Å². The van der Waals surface area contributed by atoms with Crippen molar-refractivity contribution >= 4 is 28.5 Å². The van der Waals surface area contributed by atoms with Crippen molar-refractivity contribution in [2.45, 2.75) is 6.18 Å². The number of para-hydroxylation sites is 1. The van der Waals surface area contributed by atoms with Crippen molar-refractivity contribution in [3.05, 3.63) is 60.6 Å². The number of H-pyrrole nitrogens is 1. The first-order valence-corrected chi connectivity index (χ1v) is 6.86. The van der Waals surface area contributed by atoms with Crippen LogP contribution >= 0.6 is 0 Å². The molecule has 0 saturated heterocycles. The molecule has 1 amide bonds. The van der Waals surface area contributed by atoms with Crippen molar-refractivity contribution in [3.8, 4) is 0 Å². The monoisotopic (exact) mass is 351 g/mol. The van der Waals surface area contributed by atoms with Gasteiger partial charge in [-0.1, -0.05) is 18.2 Å². The molecule has 130 valence electrons. The normalized spacial score (nSPS) is 10.7. The molecule has 0 fully saturated rings. The summed E-state index contributed by atoms with van der Waals surface area (Å²) in [6.07, 6.45) is -0.0853. The van der Waals surface area contributed by atoms with Gasteiger partial charge in [-0.05, 0) is 18.2 Å². The Hall–Kier alpha value is -3.36. The van der Waals surface area contributed by atoms with Gasteiger partial charge in [0.25, 0.3) is 5.91 Å². The van der Waals surface area contributed by atoms with Crippen LogP contribution in [0.2, 0.25) is 0 Å². The molecule has 2 heterocycles. The van der Waals surface area contributed by atoms with Crippen LogP contribution < -0.4 is 5.32 Å². The number of alkyl halides is 3. The first-order chi connectivity index (χ1) is 11.8. The molecular weight excluding hydrogens is 339 g/mol. The maximum Gasteiger partial charge on any atom is 0.490 e. The van der Waals surface area contributed by atoms with Gasteiger partial charge in [0.05, 0.1) is 5.69 Å². The first-order valence-electron chi connectivity index (χ1n) is 6.86. The molecule has 3 N–H and O–H groups in total. The third kappa shape index (κ3) is 4.80. The number of aromatic nitrogens is 2. The molecule has 0 aliphatic carbocycles. The van der Waals surface area contributed by atoms with E-state index in [2.05, 4.69) is 15.3 Å². The summed E-state index contributed by atoms with van der Waals surface area (Å²) in [4.78, 5) is 27.9. The van der Waals surface area contributed by atoms with Crippen molar-refractivity contribution in [2.75, 3.05) is 5.32 Å². The predicted molar refractivity (Wildman–Crippen MR) is 84.2 cm³/mol. The van der Waals surface area contributed by atoms with Crippen molar-refractivity contribution in [3.63, 3.8) is 0 Å². The number of amides is 1. The largest absolute Gasteiger partial charge is 0.490 e. The van der Waals surface area contributed by atoms with E-state index in [0.717, 1.165) is 16.6 Å². The van der Waals surface area contributed by atoms with Gasteiger partial charge in [0.2, 0.25) is 0 Å². The Morgan fingerprint density at radius 3 is 2.28 bits per heavy atom. The van der Waals surface area contributed by atoms with Crippen molar-refractivity contribution in [1.82, 2.24) is 9.97 Å². The standard InChI is InChI=1S/C14H11N3O.C2HF3O2/c18-14(10-5-7-15-8-6-10)17-13-9-16-12-4-2-1-3-11(12)13;3-2(4,5)1(6)7/h1-9,16H,(H,17,18);(H,6,7). The van der Waals surface area contributed by atoms with Gasteiger partial charge in [0.15, 0.2) is 0 Å². The van der Waals surface area contributed by atoms with E-state index < -0.39 is 12.1 Å². The van der Waals surface area contributed by atoms with Gasteiger partial charge in [0.1, 0.15) is 0 Å². The Morgan fingerprint density at radius 2 is 1.68 bits per heavy atom. The van der Waals surface area contributed by atoms with E-state index in [1.54, 1.807) is 30.7 Å². The minimum absolute atomic E-state index is 0.137. The van der Waals surface area contributed by atoms with Crippen molar-refractivity contribution in [1.29, 1.82) is 0 Å². The number of carboxylic acid groups (broad SMARTS) is 1. The van der Waals surface area contributed by atoms with Crippen LogP contribution in [0.25, 0.3) is 10.9 Å². The number of carboxylic acids is 1. The summed E-state index contributed by atoms with van der Waals surface area (Å²) >= 11 is 0. The number of nitrogens with zero attached hydrogens (tertiary/aromatic N) is 1. The fourth-order valence-electron chi connectivity index (χ4n) is 1.87. The molecule has 2 aromatic heterocycles. The van der Waals surface area contributed by atoms with E-state index in [4.69, 9.17) is 9.90 Å². The number of halogens is 3. The summed E-state index contributed by atoms with van der Waals surface area (Å²) in [5.74, 6) is -2.89. The molecule has 0 bridgehead atoms. The van der Waals surface area contributed by atoms with Crippen LogP contribution in [0.4, 0.5) is 18.9 Å². The number of nitrogens with one attached hydrogen (secondary N) is 2. The highest BCUT2D eigenvalue weighted by atomic mass is 19.4. The topological polar surface area (TPSA) is 95.1 Å². The highest BCUT2D eigenvalue weighted by Crippen LogP contribution is 2.22. The summed E-state index contributed by atoms with van der Waals surface area (Å²) in [5.41, 5.74) is 2.38. The minimum atomic E-state index is -5.08. The number of carbonyl (C=O) groups excluding carboxylic acids is 1. The summed E-state index contributed by atoms with van der Waals surface area (Å²) < 4.78 is 31.7. The van der Waals surface area contributed by atoms with Gasteiger partial charge >= 0.3 is 12.1 Å². The predicted octanol–water partition coefficient (Wildman–Crippen LogP) is 3.45. The molecule has 0 saturated carbocycles. The molecule has 3 aromatic rings. The lowest BCUT2D eigenvalue weighted by Crippen LogP contribution is -2.21. The minimum Gasteiger partial charge on any atom is -0.475 e. The number of carbonyl (C=O) groups is 2. The third-order valence-corrected chi connectivity index (χ3v) is 3.02. The second kappa shape index (κ2) is 7.47. The zero-order valence-corrected chi connectivity index (χ0v) is 12.5. The highest BCUT2D eigenvalue weighted by Gasteiger charge is 2.38. The lowest BCUT2D eigenvalue weighted by molar-refractivity contribution is -0.192. The average molecular weight is 351 g/mol. The molecule has 6 nitrogen and oxygen atoms in total. The number of aromatic amines is 1. The van der Waals surface area contributed by atoms with Gasteiger partial charge in [-0.15, -0.1) is 0 Å². The van der Waals surface area contributed by atoms with Crippen LogP contribution in [0, 0.1) is 0 Å². The van der Waals surface area contributed by atoms with Crippen LogP contribution in [0.3, 0.4) is 0 Å². The lowest BCUT2D eigenvalue weighted by Gasteiger charge is -2.03. The first kappa shape index (κ1) is 18.0.